The molecule has 23 heavy (non-hydrogen) atoms. The minimum atomic E-state index is 0.100. The maximum Gasteiger partial charge on any atom is 0.304 e. The SMILES string of the molecule is Cn1c(-c2csc(/N=C3\COC(N)=NN3)n2)nc2ccccc21. The number of nitrogens with two attached hydrogens (primary N) is 1. The Labute approximate surface area is 135 Å². The number of hydrogen-bond donors (Lipinski definition) is 2. The molecule has 3 N–H and O–H groups in total. The summed E-state index contributed by atoms with van der Waals surface area (Å²) >= 11 is 1.43. The first-order valence-electron chi connectivity index (χ1n) is 6.87. The molecule has 0 atom stereocenters. The molecular weight excluding hydrogens is 314 g/mol. The molecule has 0 unspecified atom stereocenters. The number of imidazole rings is 1. The predicted octanol–water partition coefficient (Wildman–Crippen LogP) is 1.58. The largest absolute Gasteiger partial charge is 0.456 e. The number of thiazole rings is 1. The fourth-order valence-corrected chi connectivity index (χ4v) is 2.98. The molecule has 0 aliphatic carbocycles. The third kappa shape index (κ3) is 2.50. The minimum Gasteiger partial charge on any atom is -0.456 e. The van der Waals surface area contributed by atoms with Gasteiger partial charge in [-0.2, -0.15) is 0 Å². The highest BCUT2D eigenvalue weighted by atomic mass is 32.1. The number of amidine groups is 2. The number of nitrogens with zero attached hydrogens (tertiary/aromatic N) is 5. The van der Waals surface area contributed by atoms with Crippen LogP contribution in [0.1, 0.15) is 0 Å². The van der Waals surface area contributed by atoms with E-state index in [0.29, 0.717) is 11.0 Å². The summed E-state index contributed by atoms with van der Waals surface area (Å²) in [5, 5.41) is 6.31. The van der Waals surface area contributed by atoms with E-state index in [1.807, 2.05) is 41.3 Å². The molecule has 0 bridgehead atoms. The van der Waals surface area contributed by atoms with E-state index in [2.05, 4.69) is 25.5 Å². The standard InChI is InChI=1S/C14H13N7OS/c1-21-10-5-3-2-4-8(10)16-12(21)9-7-23-14(17-9)18-11-6-22-13(15)20-19-11/h2-5,7H,6H2,1H3,(H2,15,20)(H,17,18,19). The highest BCUT2D eigenvalue weighted by Gasteiger charge is 2.14. The number of benzene rings is 1. The molecule has 0 fully saturated rings. The summed E-state index contributed by atoms with van der Waals surface area (Å²) in [4.78, 5) is 13.5. The van der Waals surface area contributed by atoms with Gasteiger partial charge in [-0.3, -0.25) is 5.43 Å². The van der Waals surface area contributed by atoms with Gasteiger partial charge in [0.2, 0.25) is 5.13 Å². The Balaban J connectivity index is 1.67. The van der Waals surface area contributed by atoms with Crippen molar-refractivity contribution < 1.29 is 4.74 Å². The average Bonchev–Trinajstić information content (AvgIpc) is 3.15. The summed E-state index contributed by atoms with van der Waals surface area (Å²) in [5.41, 5.74) is 10.9. The Morgan fingerprint density at radius 1 is 1.35 bits per heavy atom. The van der Waals surface area contributed by atoms with Crippen LogP contribution in [0.15, 0.2) is 39.7 Å². The molecule has 0 radical (unpaired) electrons. The summed E-state index contributed by atoms with van der Waals surface area (Å²) in [6, 6.07) is 8.08. The summed E-state index contributed by atoms with van der Waals surface area (Å²) in [6.07, 6.45) is 0. The second-order valence-corrected chi connectivity index (χ2v) is 5.74. The van der Waals surface area contributed by atoms with Crippen LogP contribution < -0.4 is 11.2 Å². The Hall–Kier alpha value is -2.94. The van der Waals surface area contributed by atoms with Crippen LogP contribution in [0, 0.1) is 0 Å². The molecule has 3 aromatic rings. The lowest BCUT2D eigenvalue weighted by molar-refractivity contribution is 0.339. The van der Waals surface area contributed by atoms with Crippen LogP contribution in [-0.2, 0) is 11.8 Å². The van der Waals surface area contributed by atoms with Crippen molar-refractivity contribution in [3.05, 3.63) is 29.6 Å². The number of para-hydroxylation sites is 2. The minimum absolute atomic E-state index is 0.100. The first kappa shape index (κ1) is 13.7. The summed E-state index contributed by atoms with van der Waals surface area (Å²) in [6.45, 7) is 0.247. The van der Waals surface area contributed by atoms with Crippen LogP contribution in [0.4, 0.5) is 5.13 Å². The van der Waals surface area contributed by atoms with Crippen molar-refractivity contribution in [2.24, 2.45) is 22.9 Å². The van der Waals surface area contributed by atoms with Crippen molar-refractivity contribution >= 4 is 39.4 Å². The van der Waals surface area contributed by atoms with Crippen molar-refractivity contribution in [3.8, 4) is 11.5 Å². The van der Waals surface area contributed by atoms with Crippen molar-refractivity contribution in [1.29, 1.82) is 0 Å². The fourth-order valence-electron chi connectivity index (χ4n) is 2.29. The van der Waals surface area contributed by atoms with Crippen molar-refractivity contribution in [2.75, 3.05) is 6.61 Å². The third-order valence-electron chi connectivity index (χ3n) is 3.39. The number of aromatic nitrogens is 3. The van der Waals surface area contributed by atoms with Gasteiger partial charge < -0.3 is 15.0 Å². The molecule has 1 aliphatic heterocycles. The maximum atomic E-state index is 5.41. The molecule has 0 saturated heterocycles. The van der Waals surface area contributed by atoms with Gasteiger partial charge in [0, 0.05) is 12.4 Å². The van der Waals surface area contributed by atoms with Gasteiger partial charge in [0.1, 0.15) is 5.69 Å². The van der Waals surface area contributed by atoms with Crippen molar-refractivity contribution in [1.82, 2.24) is 20.0 Å². The summed E-state index contributed by atoms with van der Waals surface area (Å²) in [5.74, 6) is 1.37. The smallest absolute Gasteiger partial charge is 0.304 e. The number of fused-ring (bicyclic) bond motifs is 1. The molecule has 0 saturated carbocycles. The molecule has 9 heteroatoms. The molecule has 0 amide bonds. The second kappa shape index (κ2) is 5.36. The number of hydrogen-bond acceptors (Lipinski definition) is 7. The van der Waals surface area contributed by atoms with Gasteiger partial charge in [-0.1, -0.05) is 12.1 Å². The number of rotatable bonds is 2. The zero-order valence-corrected chi connectivity index (χ0v) is 13.0. The van der Waals surface area contributed by atoms with Crippen LogP contribution in [0.3, 0.4) is 0 Å². The van der Waals surface area contributed by atoms with E-state index in [1.165, 1.54) is 11.3 Å². The maximum absolute atomic E-state index is 5.41. The lowest BCUT2D eigenvalue weighted by atomic mass is 10.3. The first-order chi connectivity index (χ1) is 11.2. The fraction of sp³-hybridized carbons (Fsp3) is 0.143. The quantitative estimate of drug-likeness (QED) is 0.744. The molecule has 3 heterocycles. The van der Waals surface area contributed by atoms with Gasteiger partial charge in [-0.05, 0) is 12.1 Å². The Kier molecular flexibility index (Phi) is 3.19. The molecule has 2 aromatic heterocycles. The monoisotopic (exact) mass is 327 g/mol. The highest BCUT2D eigenvalue weighted by molar-refractivity contribution is 7.13. The van der Waals surface area contributed by atoms with Gasteiger partial charge in [0.15, 0.2) is 18.3 Å². The zero-order valence-electron chi connectivity index (χ0n) is 12.2. The van der Waals surface area contributed by atoms with Gasteiger partial charge >= 0.3 is 6.02 Å². The van der Waals surface area contributed by atoms with Crippen LogP contribution >= 0.6 is 11.3 Å². The molecular formula is C14H13N7OS. The number of nitrogens with one attached hydrogen (secondary N) is 1. The molecule has 1 aromatic carbocycles. The first-order valence-corrected chi connectivity index (χ1v) is 7.75. The predicted molar refractivity (Wildman–Crippen MR) is 89.6 cm³/mol. The van der Waals surface area contributed by atoms with Crippen molar-refractivity contribution in [3.63, 3.8) is 0 Å². The third-order valence-corrected chi connectivity index (χ3v) is 4.13. The molecule has 0 spiro atoms. The van der Waals surface area contributed by atoms with Gasteiger partial charge in [0.05, 0.1) is 11.0 Å². The lowest BCUT2D eigenvalue weighted by Crippen LogP contribution is -2.35. The number of ether oxygens (including phenoxy) is 1. The summed E-state index contributed by atoms with van der Waals surface area (Å²) < 4.78 is 7.13. The normalized spacial score (nSPS) is 16.2. The van der Waals surface area contributed by atoms with Gasteiger partial charge in [0.25, 0.3) is 0 Å². The highest BCUT2D eigenvalue weighted by Crippen LogP contribution is 2.28. The van der Waals surface area contributed by atoms with Crippen LogP contribution in [0.5, 0.6) is 0 Å². The van der Waals surface area contributed by atoms with Crippen LogP contribution in [0.2, 0.25) is 0 Å². The Bertz CT molecular complexity index is 940. The molecule has 4 rings (SSSR count). The Morgan fingerprint density at radius 3 is 3.00 bits per heavy atom. The second-order valence-electron chi connectivity index (χ2n) is 4.91. The number of aryl methyl sites for hydroxylation is 1. The van der Waals surface area contributed by atoms with Crippen molar-refractivity contribution in [2.45, 2.75) is 0 Å². The van der Waals surface area contributed by atoms with E-state index in [-0.39, 0.29) is 12.6 Å². The van der Waals surface area contributed by atoms with Gasteiger partial charge in [-0.25, -0.2) is 15.0 Å². The van der Waals surface area contributed by atoms with E-state index in [9.17, 15) is 0 Å². The topological polar surface area (TPSA) is 103 Å². The van der Waals surface area contributed by atoms with Crippen LogP contribution in [-0.4, -0.2) is 33.0 Å². The molecule has 116 valence electrons. The lowest BCUT2D eigenvalue weighted by Gasteiger charge is -2.12. The van der Waals surface area contributed by atoms with E-state index in [0.717, 1.165) is 22.6 Å². The van der Waals surface area contributed by atoms with E-state index < -0.39 is 0 Å². The zero-order chi connectivity index (χ0) is 15.8. The Morgan fingerprint density at radius 2 is 2.22 bits per heavy atom. The van der Waals surface area contributed by atoms with E-state index in [4.69, 9.17) is 10.5 Å². The molecule has 8 nitrogen and oxygen atoms in total. The van der Waals surface area contributed by atoms with E-state index in [1.54, 1.807) is 0 Å². The van der Waals surface area contributed by atoms with Gasteiger partial charge in [-0.15, -0.1) is 16.4 Å². The van der Waals surface area contributed by atoms with Crippen LogP contribution in [0.25, 0.3) is 22.6 Å². The van der Waals surface area contributed by atoms with E-state index >= 15 is 0 Å². The average molecular weight is 327 g/mol. The number of hydrazone groups is 1. The summed E-state index contributed by atoms with van der Waals surface area (Å²) in [7, 11) is 1.98. The number of aliphatic imine (C=N–C) groups is 1. The molecule has 1 aliphatic rings.